The quantitative estimate of drug-likeness (QED) is 0.614. The van der Waals surface area contributed by atoms with Gasteiger partial charge in [-0.2, -0.15) is 0 Å². The molecule has 34 heavy (non-hydrogen) atoms. The van der Waals surface area contributed by atoms with Crippen LogP contribution in [0.5, 0.6) is 0 Å². The molecule has 2 saturated heterocycles. The lowest BCUT2D eigenvalue weighted by Crippen LogP contribution is -2.49. The van der Waals surface area contributed by atoms with Gasteiger partial charge in [0.2, 0.25) is 5.91 Å². The second-order valence-corrected chi connectivity index (χ2v) is 9.81. The Hall–Kier alpha value is -2.55. The molecule has 0 bridgehead atoms. The zero-order chi connectivity index (χ0) is 23.7. The molecule has 2 fully saturated rings. The summed E-state index contributed by atoms with van der Waals surface area (Å²) in [6.07, 6.45) is 6.78. The van der Waals surface area contributed by atoms with Gasteiger partial charge in [-0.05, 0) is 57.1 Å². The third-order valence-corrected chi connectivity index (χ3v) is 7.84. The lowest BCUT2D eigenvalue weighted by molar-refractivity contribution is -0.127. The number of nitrogens with zero attached hydrogens (tertiary/aromatic N) is 4. The molecular weight excluding hydrogens is 430 g/mol. The van der Waals surface area contributed by atoms with E-state index in [9.17, 15) is 14.7 Å². The highest BCUT2D eigenvalue weighted by atomic mass is 16.3. The maximum atomic E-state index is 13.4. The van der Waals surface area contributed by atoms with E-state index in [1.807, 2.05) is 28.8 Å². The second kappa shape index (κ2) is 9.98. The van der Waals surface area contributed by atoms with E-state index >= 15 is 0 Å². The first-order chi connectivity index (χ1) is 16.6. The lowest BCUT2D eigenvalue weighted by Gasteiger charge is -2.30. The molecule has 0 spiro atoms. The Balaban J connectivity index is 1.40. The molecule has 2 aromatic rings. The fourth-order valence-electron chi connectivity index (χ4n) is 6.31. The summed E-state index contributed by atoms with van der Waals surface area (Å²) in [6.45, 7) is 7.04. The van der Waals surface area contributed by atoms with Gasteiger partial charge in [-0.15, -0.1) is 0 Å². The number of rotatable bonds is 8. The summed E-state index contributed by atoms with van der Waals surface area (Å²) in [7, 11) is 0. The van der Waals surface area contributed by atoms with Crippen LogP contribution < -0.4 is 10.9 Å². The summed E-state index contributed by atoms with van der Waals surface area (Å²) in [5.41, 5.74) is 2.36. The highest BCUT2D eigenvalue weighted by Gasteiger charge is 2.55. The molecule has 3 aliphatic heterocycles. The lowest BCUT2D eigenvalue weighted by atomic mass is 9.88. The van der Waals surface area contributed by atoms with Gasteiger partial charge in [0.15, 0.2) is 0 Å². The fourth-order valence-corrected chi connectivity index (χ4v) is 6.31. The maximum Gasteiger partial charge on any atom is 0.258 e. The number of amides is 1. The monoisotopic (exact) mass is 465 g/mol. The predicted molar refractivity (Wildman–Crippen MR) is 130 cm³/mol. The number of nitrogens with one attached hydrogen (secondary N) is 1. The highest BCUT2D eigenvalue weighted by molar-refractivity contribution is 5.82. The molecule has 182 valence electrons. The van der Waals surface area contributed by atoms with Gasteiger partial charge >= 0.3 is 0 Å². The smallest absolute Gasteiger partial charge is 0.258 e. The van der Waals surface area contributed by atoms with Crippen molar-refractivity contribution in [3.63, 3.8) is 0 Å². The van der Waals surface area contributed by atoms with Crippen molar-refractivity contribution in [1.82, 2.24) is 24.7 Å². The third kappa shape index (κ3) is 4.08. The number of aliphatic hydroxyl groups excluding tert-OH is 1. The van der Waals surface area contributed by atoms with Crippen molar-refractivity contribution >= 4 is 5.91 Å². The Morgan fingerprint density at radius 3 is 2.74 bits per heavy atom. The van der Waals surface area contributed by atoms with Crippen LogP contribution in [0.1, 0.15) is 37.9 Å². The molecule has 0 unspecified atom stereocenters. The van der Waals surface area contributed by atoms with Crippen LogP contribution in [0.25, 0.3) is 11.1 Å². The number of likely N-dealkylation sites (tertiary alicyclic amines) is 2. The standard InChI is InChI=1S/C26H35N5O3/c1-2-11-30-23-20(21(17-32)24(30)25(33)28-10-14-29-12-3-4-13-29)16-31-22(23)8-7-19(26(31)34)18-6-5-9-27-15-18/h5-9,15,20-21,23-24,32H,2-4,10-14,16-17H2,1H3,(H,28,33)/t20-,21-,23+,24-/m0/s1. The molecule has 1 amide bonds. The maximum absolute atomic E-state index is 13.4. The Kier molecular flexibility index (Phi) is 6.81. The van der Waals surface area contributed by atoms with Crippen LogP contribution in [-0.4, -0.2) is 75.7 Å². The van der Waals surface area contributed by atoms with Gasteiger partial charge in [-0.25, -0.2) is 0 Å². The summed E-state index contributed by atoms with van der Waals surface area (Å²) < 4.78 is 1.85. The molecular formula is C26H35N5O3. The molecule has 8 heteroatoms. The molecule has 8 nitrogen and oxygen atoms in total. The number of pyridine rings is 2. The molecule has 0 radical (unpaired) electrons. The topological polar surface area (TPSA) is 90.7 Å². The minimum atomic E-state index is -0.375. The molecule has 5 heterocycles. The number of carbonyl (C=O) groups excluding carboxylic acids is 1. The van der Waals surface area contributed by atoms with Crippen LogP contribution in [0, 0.1) is 11.8 Å². The first kappa shape index (κ1) is 23.2. The highest BCUT2D eigenvalue weighted by Crippen LogP contribution is 2.49. The Morgan fingerprint density at radius 1 is 1.21 bits per heavy atom. The van der Waals surface area contributed by atoms with Crippen LogP contribution in [0.15, 0.2) is 41.5 Å². The van der Waals surface area contributed by atoms with Gasteiger partial charge < -0.3 is 19.9 Å². The molecule has 0 aliphatic carbocycles. The van der Waals surface area contributed by atoms with E-state index in [1.54, 1.807) is 12.4 Å². The van der Waals surface area contributed by atoms with Crippen LogP contribution in [-0.2, 0) is 11.3 Å². The van der Waals surface area contributed by atoms with Gasteiger partial charge in [0, 0.05) is 67.3 Å². The average molecular weight is 466 g/mol. The van der Waals surface area contributed by atoms with E-state index in [-0.39, 0.29) is 42.0 Å². The van der Waals surface area contributed by atoms with Crippen LogP contribution in [0.4, 0.5) is 0 Å². The SMILES string of the molecule is CCCN1[C@H](C(=O)NCCN2CCCC2)[C@@H](CO)[C@@H]2Cn3c(ccc(-c4cccnc4)c3=O)[C@@H]21. The van der Waals surface area contributed by atoms with Gasteiger partial charge in [0.25, 0.3) is 5.56 Å². The molecule has 0 aromatic carbocycles. The summed E-state index contributed by atoms with van der Waals surface area (Å²) in [5.74, 6) is -0.172. The first-order valence-electron chi connectivity index (χ1n) is 12.6. The predicted octanol–water partition coefficient (Wildman–Crippen LogP) is 1.50. The van der Waals surface area contributed by atoms with Crippen molar-refractivity contribution in [3.8, 4) is 11.1 Å². The number of aliphatic hydroxyl groups is 1. The molecule has 5 rings (SSSR count). The molecule has 2 aromatic heterocycles. The summed E-state index contributed by atoms with van der Waals surface area (Å²) in [4.78, 5) is 35.5. The van der Waals surface area contributed by atoms with E-state index in [0.717, 1.165) is 43.9 Å². The Bertz CT molecular complexity index is 1070. The van der Waals surface area contributed by atoms with Crippen LogP contribution >= 0.6 is 0 Å². The second-order valence-electron chi connectivity index (χ2n) is 9.81. The number of hydrogen-bond donors (Lipinski definition) is 2. The average Bonchev–Trinajstić information content (AvgIpc) is 3.56. The van der Waals surface area contributed by atoms with Crippen molar-refractivity contribution in [2.45, 2.75) is 44.8 Å². The Morgan fingerprint density at radius 2 is 2.03 bits per heavy atom. The number of aromatic nitrogens is 2. The van der Waals surface area contributed by atoms with Gasteiger partial charge in [-0.3, -0.25) is 19.5 Å². The summed E-state index contributed by atoms with van der Waals surface area (Å²) in [5, 5.41) is 13.5. The zero-order valence-corrected chi connectivity index (χ0v) is 19.9. The summed E-state index contributed by atoms with van der Waals surface area (Å²) >= 11 is 0. The number of carbonyl (C=O) groups is 1. The normalized spacial score (nSPS) is 26.5. The van der Waals surface area contributed by atoms with Crippen molar-refractivity contribution in [3.05, 3.63) is 52.7 Å². The van der Waals surface area contributed by atoms with E-state index < -0.39 is 0 Å². The van der Waals surface area contributed by atoms with E-state index in [0.29, 0.717) is 18.7 Å². The zero-order valence-electron chi connectivity index (χ0n) is 19.9. The van der Waals surface area contributed by atoms with E-state index in [2.05, 4.69) is 27.0 Å². The van der Waals surface area contributed by atoms with Crippen LogP contribution in [0.2, 0.25) is 0 Å². The van der Waals surface area contributed by atoms with Gasteiger partial charge in [0.1, 0.15) is 0 Å². The van der Waals surface area contributed by atoms with Crippen molar-refractivity contribution in [2.24, 2.45) is 11.8 Å². The molecule has 4 atom stereocenters. The third-order valence-electron chi connectivity index (χ3n) is 7.84. The van der Waals surface area contributed by atoms with Crippen molar-refractivity contribution in [2.75, 3.05) is 39.3 Å². The summed E-state index contributed by atoms with van der Waals surface area (Å²) in [6, 6.07) is 7.23. The molecule has 0 saturated carbocycles. The Labute approximate surface area is 200 Å². The van der Waals surface area contributed by atoms with Crippen LogP contribution in [0.3, 0.4) is 0 Å². The minimum Gasteiger partial charge on any atom is -0.396 e. The fraction of sp³-hybridized carbons (Fsp3) is 0.577. The van der Waals surface area contributed by atoms with E-state index in [1.165, 1.54) is 12.8 Å². The number of fused-ring (bicyclic) bond motifs is 3. The van der Waals surface area contributed by atoms with E-state index in [4.69, 9.17) is 0 Å². The number of hydrogen-bond acceptors (Lipinski definition) is 6. The minimum absolute atomic E-state index is 0.00183. The van der Waals surface area contributed by atoms with Gasteiger partial charge in [-0.1, -0.05) is 13.0 Å². The molecule has 3 aliphatic rings. The van der Waals surface area contributed by atoms with Crippen molar-refractivity contribution in [1.29, 1.82) is 0 Å². The molecule has 2 N–H and O–H groups in total. The first-order valence-corrected chi connectivity index (χ1v) is 12.6. The largest absolute Gasteiger partial charge is 0.396 e. The van der Waals surface area contributed by atoms with Gasteiger partial charge in [0.05, 0.1) is 12.1 Å². The van der Waals surface area contributed by atoms with Crippen molar-refractivity contribution < 1.29 is 9.90 Å².